The van der Waals surface area contributed by atoms with Gasteiger partial charge < -0.3 is 15.4 Å². The van der Waals surface area contributed by atoms with E-state index < -0.39 is 11.7 Å². The standard InChI is InChI=1S/C24H22F2N2O3S/c25-17-10-12-18(13-11-17)32-15-5-14-27-24(30)19-6-1-4-9-22(19)31-16-23(29)28-21-8-3-2-7-20(21)26/h1-4,6-13H,5,14-16H2,(H,27,30)(H,28,29). The Balaban J connectivity index is 1.45. The number of carbonyl (C=O) groups excluding carboxylic acids is 2. The first kappa shape index (κ1) is 23.3. The number of thioether (sulfide) groups is 1. The summed E-state index contributed by atoms with van der Waals surface area (Å²) in [4.78, 5) is 25.6. The average molecular weight is 457 g/mol. The first-order valence-electron chi connectivity index (χ1n) is 9.95. The van der Waals surface area contributed by atoms with Crippen molar-refractivity contribution >= 4 is 29.3 Å². The number of ether oxygens (including phenoxy) is 1. The van der Waals surface area contributed by atoms with E-state index in [2.05, 4.69) is 10.6 Å². The zero-order valence-corrected chi connectivity index (χ0v) is 18.0. The maximum absolute atomic E-state index is 13.6. The Labute approximate surface area is 189 Å². The second-order valence-corrected chi connectivity index (χ2v) is 7.89. The Kier molecular flexibility index (Phi) is 8.62. The molecule has 0 aromatic heterocycles. The van der Waals surface area contributed by atoms with Crippen molar-refractivity contribution in [2.75, 3.05) is 24.2 Å². The number of benzene rings is 3. The number of carbonyl (C=O) groups is 2. The van der Waals surface area contributed by atoms with Crippen LogP contribution in [0.5, 0.6) is 5.75 Å². The van der Waals surface area contributed by atoms with Crippen LogP contribution in [-0.2, 0) is 4.79 Å². The van der Waals surface area contributed by atoms with Gasteiger partial charge in [0.15, 0.2) is 6.61 Å². The van der Waals surface area contributed by atoms with E-state index in [1.807, 2.05) is 0 Å². The van der Waals surface area contributed by atoms with Crippen LogP contribution in [0.3, 0.4) is 0 Å². The summed E-state index contributed by atoms with van der Waals surface area (Å²) < 4.78 is 32.1. The molecule has 0 fully saturated rings. The lowest BCUT2D eigenvalue weighted by atomic mass is 10.2. The van der Waals surface area contributed by atoms with E-state index in [1.54, 1.807) is 54.2 Å². The molecule has 0 aliphatic heterocycles. The third kappa shape index (κ3) is 7.09. The zero-order valence-electron chi connectivity index (χ0n) is 17.1. The van der Waals surface area contributed by atoms with Crippen LogP contribution in [0.15, 0.2) is 77.7 Å². The van der Waals surface area contributed by atoms with Crippen LogP contribution in [-0.4, -0.2) is 30.7 Å². The molecule has 3 aromatic carbocycles. The van der Waals surface area contributed by atoms with Gasteiger partial charge in [0.1, 0.15) is 17.4 Å². The molecule has 3 aromatic rings. The number of anilines is 1. The van der Waals surface area contributed by atoms with Crippen molar-refractivity contribution < 1.29 is 23.1 Å². The van der Waals surface area contributed by atoms with Crippen molar-refractivity contribution in [2.45, 2.75) is 11.3 Å². The Morgan fingerprint density at radius 2 is 1.62 bits per heavy atom. The highest BCUT2D eigenvalue weighted by atomic mass is 32.2. The molecule has 5 nitrogen and oxygen atoms in total. The van der Waals surface area contributed by atoms with Crippen LogP contribution in [0.25, 0.3) is 0 Å². The molecule has 2 N–H and O–H groups in total. The number of halogens is 2. The quantitative estimate of drug-likeness (QED) is 0.337. The normalized spacial score (nSPS) is 10.4. The lowest BCUT2D eigenvalue weighted by Gasteiger charge is -2.12. The molecule has 2 amide bonds. The summed E-state index contributed by atoms with van der Waals surface area (Å²) in [5, 5.41) is 5.26. The molecule has 0 unspecified atom stereocenters. The largest absolute Gasteiger partial charge is 0.483 e. The van der Waals surface area contributed by atoms with E-state index in [0.29, 0.717) is 12.1 Å². The minimum Gasteiger partial charge on any atom is -0.483 e. The molecule has 3 rings (SSSR count). The smallest absolute Gasteiger partial charge is 0.262 e. The zero-order chi connectivity index (χ0) is 22.8. The van der Waals surface area contributed by atoms with Crippen molar-refractivity contribution in [3.8, 4) is 5.75 Å². The van der Waals surface area contributed by atoms with E-state index >= 15 is 0 Å². The fourth-order valence-corrected chi connectivity index (χ4v) is 3.62. The second-order valence-electron chi connectivity index (χ2n) is 6.72. The van der Waals surface area contributed by atoms with Crippen LogP contribution in [0.2, 0.25) is 0 Å². The molecular weight excluding hydrogens is 434 g/mol. The van der Waals surface area contributed by atoms with Gasteiger partial charge >= 0.3 is 0 Å². The minimum atomic E-state index is -0.543. The highest BCUT2D eigenvalue weighted by Crippen LogP contribution is 2.20. The first-order valence-corrected chi connectivity index (χ1v) is 10.9. The van der Waals surface area contributed by atoms with Crippen molar-refractivity contribution in [3.05, 3.63) is 90.0 Å². The summed E-state index contributed by atoms with van der Waals surface area (Å²) in [6, 6.07) is 18.7. The van der Waals surface area contributed by atoms with Crippen LogP contribution < -0.4 is 15.4 Å². The van der Waals surface area contributed by atoms with E-state index in [9.17, 15) is 18.4 Å². The molecule has 0 radical (unpaired) electrons. The molecule has 8 heteroatoms. The topological polar surface area (TPSA) is 67.4 Å². The average Bonchev–Trinajstić information content (AvgIpc) is 2.80. The van der Waals surface area contributed by atoms with Crippen molar-refractivity contribution in [3.63, 3.8) is 0 Å². The predicted octanol–water partition coefficient (Wildman–Crippen LogP) is 4.89. The fraction of sp³-hybridized carbons (Fsp3) is 0.167. The molecular formula is C24H22F2N2O3S. The number of amides is 2. The molecule has 0 saturated heterocycles. The molecule has 0 spiro atoms. The summed E-state index contributed by atoms with van der Waals surface area (Å²) in [6.45, 7) is 0.0854. The molecule has 166 valence electrons. The Bertz CT molecular complexity index is 1060. The van der Waals surface area contributed by atoms with Crippen LogP contribution in [0.1, 0.15) is 16.8 Å². The van der Waals surface area contributed by atoms with E-state index in [4.69, 9.17) is 4.74 Å². The molecule has 0 bridgehead atoms. The number of hydrogen-bond donors (Lipinski definition) is 2. The highest BCUT2D eigenvalue weighted by Gasteiger charge is 2.13. The summed E-state index contributed by atoms with van der Waals surface area (Å²) in [6.07, 6.45) is 0.724. The number of nitrogens with one attached hydrogen (secondary N) is 2. The first-order chi connectivity index (χ1) is 15.5. The van der Waals surface area contributed by atoms with Gasteiger partial charge in [-0.15, -0.1) is 11.8 Å². The maximum atomic E-state index is 13.6. The van der Waals surface area contributed by atoms with Gasteiger partial charge in [-0.3, -0.25) is 9.59 Å². The van der Waals surface area contributed by atoms with Crippen molar-refractivity contribution in [2.24, 2.45) is 0 Å². The van der Waals surface area contributed by atoms with Gasteiger partial charge in [0.2, 0.25) is 0 Å². The van der Waals surface area contributed by atoms with Gasteiger partial charge in [0.05, 0.1) is 11.3 Å². The highest BCUT2D eigenvalue weighted by molar-refractivity contribution is 7.99. The van der Waals surface area contributed by atoms with Gasteiger partial charge in [-0.05, 0) is 60.7 Å². The SMILES string of the molecule is O=C(COc1ccccc1C(=O)NCCCSc1ccc(F)cc1)Nc1ccccc1F. The molecule has 0 heterocycles. The minimum absolute atomic E-state index is 0.0608. The lowest BCUT2D eigenvalue weighted by molar-refractivity contribution is -0.118. The molecule has 32 heavy (non-hydrogen) atoms. The summed E-state index contributed by atoms with van der Waals surface area (Å²) in [7, 11) is 0. The second kappa shape index (κ2) is 11.9. The Hall–Kier alpha value is -3.39. The number of hydrogen-bond acceptors (Lipinski definition) is 4. The van der Waals surface area contributed by atoms with E-state index in [1.165, 1.54) is 30.3 Å². The Morgan fingerprint density at radius 1 is 0.906 bits per heavy atom. The summed E-state index contributed by atoms with van der Waals surface area (Å²) in [5.74, 6) is -0.648. The van der Waals surface area contributed by atoms with Gasteiger partial charge in [-0.2, -0.15) is 0 Å². The van der Waals surface area contributed by atoms with E-state index in [-0.39, 0.29) is 29.8 Å². The third-order valence-corrected chi connectivity index (χ3v) is 5.43. The lowest BCUT2D eigenvalue weighted by Crippen LogP contribution is -2.26. The summed E-state index contributed by atoms with van der Waals surface area (Å²) in [5.41, 5.74) is 0.364. The van der Waals surface area contributed by atoms with Crippen molar-refractivity contribution in [1.82, 2.24) is 5.32 Å². The molecule has 0 atom stereocenters. The van der Waals surface area contributed by atoms with Gasteiger partial charge in [-0.1, -0.05) is 24.3 Å². The van der Waals surface area contributed by atoms with Gasteiger partial charge in [0, 0.05) is 11.4 Å². The molecule has 0 saturated carbocycles. The summed E-state index contributed by atoms with van der Waals surface area (Å²) >= 11 is 1.58. The van der Waals surface area contributed by atoms with Gasteiger partial charge in [-0.25, -0.2) is 8.78 Å². The monoisotopic (exact) mass is 456 g/mol. The van der Waals surface area contributed by atoms with Gasteiger partial charge in [0.25, 0.3) is 11.8 Å². The maximum Gasteiger partial charge on any atom is 0.262 e. The molecule has 0 aliphatic rings. The van der Waals surface area contributed by atoms with Crippen LogP contribution >= 0.6 is 11.8 Å². The van der Waals surface area contributed by atoms with Crippen LogP contribution in [0, 0.1) is 11.6 Å². The Morgan fingerprint density at radius 3 is 2.41 bits per heavy atom. The predicted molar refractivity (Wildman–Crippen MR) is 121 cm³/mol. The third-order valence-electron chi connectivity index (χ3n) is 4.33. The molecule has 0 aliphatic carbocycles. The number of rotatable bonds is 10. The van der Waals surface area contributed by atoms with Crippen LogP contribution in [0.4, 0.5) is 14.5 Å². The van der Waals surface area contributed by atoms with Crippen molar-refractivity contribution in [1.29, 1.82) is 0 Å². The van der Waals surface area contributed by atoms with E-state index in [0.717, 1.165) is 17.1 Å². The number of para-hydroxylation sites is 2. The fourth-order valence-electron chi connectivity index (χ4n) is 2.76.